The van der Waals surface area contributed by atoms with Crippen LogP contribution in [0.4, 0.5) is 5.69 Å². The first-order valence-corrected chi connectivity index (χ1v) is 13.6. The Bertz CT molecular complexity index is 1200. The second-order valence-corrected chi connectivity index (χ2v) is 13.0. The van der Waals surface area contributed by atoms with Crippen molar-refractivity contribution in [3.63, 3.8) is 0 Å². The second kappa shape index (κ2) is 7.45. The van der Waals surface area contributed by atoms with E-state index in [-0.39, 0.29) is 52.6 Å². The maximum absolute atomic E-state index is 14.2. The molecule has 2 N–H and O–H groups in total. The Kier molecular flexibility index (Phi) is 4.92. The van der Waals surface area contributed by atoms with E-state index in [1.807, 2.05) is 6.92 Å². The third-order valence-electron chi connectivity index (χ3n) is 11.2. The number of carbonyl (C=O) groups excluding carboxylic acids is 2. The fraction of sp³-hybridized carbons (Fsp3) is 0.633. The van der Waals surface area contributed by atoms with Gasteiger partial charge in [0.05, 0.1) is 22.9 Å². The number of hydrogen-bond donors (Lipinski definition) is 2. The monoisotopic (exact) mass is 491 g/mol. The Balaban J connectivity index is 1.50. The highest BCUT2D eigenvalue weighted by molar-refractivity contribution is 6.23. The molecule has 2 bridgehead atoms. The topological polar surface area (TPSA) is 94.9 Å². The number of aromatic hydroxyl groups is 1. The Morgan fingerprint density at radius 3 is 2.50 bits per heavy atom. The zero-order valence-electron chi connectivity index (χ0n) is 21.7. The molecule has 2 amide bonds. The molecule has 8 unspecified atom stereocenters. The summed E-state index contributed by atoms with van der Waals surface area (Å²) in [7, 11) is 0. The number of anilines is 1. The van der Waals surface area contributed by atoms with Crippen LogP contribution in [-0.2, 0) is 14.4 Å². The second-order valence-electron chi connectivity index (χ2n) is 13.0. The molecule has 192 valence electrons. The Labute approximate surface area is 212 Å². The SMILES string of the molecule is CC(C)C1=CC23CCC4C(C)(C(=O)O)CCCC4(C)C2CC1C1C(=O)N(c2cccc(O)c2)C(=O)C13. The number of carboxylic acids is 1. The fourth-order valence-corrected chi connectivity index (χ4v) is 9.84. The van der Waals surface area contributed by atoms with E-state index in [0.29, 0.717) is 12.1 Å². The molecule has 6 aliphatic rings. The number of imide groups is 1. The molecule has 1 aromatic rings. The molecular formula is C30H37NO5. The van der Waals surface area contributed by atoms with Crippen LogP contribution in [0.15, 0.2) is 35.9 Å². The van der Waals surface area contributed by atoms with E-state index in [1.54, 1.807) is 18.2 Å². The minimum absolute atomic E-state index is 0.00535. The Morgan fingerprint density at radius 1 is 1.08 bits per heavy atom. The molecule has 0 radical (unpaired) electrons. The van der Waals surface area contributed by atoms with Crippen LogP contribution in [0.5, 0.6) is 5.75 Å². The van der Waals surface area contributed by atoms with E-state index in [2.05, 4.69) is 26.8 Å². The number of phenolic OH excluding ortho intramolecular Hbond substituents is 1. The fourth-order valence-electron chi connectivity index (χ4n) is 9.84. The lowest BCUT2D eigenvalue weighted by Crippen LogP contribution is -2.65. The minimum atomic E-state index is -0.752. The quantitative estimate of drug-likeness (QED) is 0.436. The van der Waals surface area contributed by atoms with E-state index < -0.39 is 22.7 Å². The van der Waals surface area contributed by atoms with Gasteiger partial charge in [-0.25, -0.2) is 4.90 Å². The molecule has 1 saturated heterocycles. The first-order chi connectivity index (χ1) is 17.0. The van der Waals surface area contributed by atoms with E-state index in [0.717, 1.165) is 32.1 Å². The molecule has 1 aliphatic heterocycles. The predicted octanol–water partition coefficient (Wildman–Crippen LogP) is 5.41. The molecule has 1 spiro atoms. The highest BCUT2D eigenvalue weighted by atomic mass is 16.4. The number of nitrogens with zero attached hydrogens (tertiary/aromatic N) is 1. The van der Waals surface area contributed by atoms with Crippen LogP contribution in [0.3, 0.4) is 0 Å². The van der Waals surface area contributed by atoms with Gasteiger partial charge in [0.1, 0.15) is 5.75 Å². The van der Waals surface area contributed by atoms with Crippen LogP contribution in [0, 0.1) is 51.8 Å². The molecule has 7 rings (SSSR count). The van der Waals surface area contributed by atoms with Gasteiger partial charge in [-0.2, -0.15) is 0 Å². The molecule has 1 heterocycles. The standard InChI is InChI=1S/C30H37NO5/c1-16(2)20-15-30-12-9-21-28(3,10-6-11-29(21,4)27(35)36)22(30)14-19(20)23-24(30)26(34)31(25(23)33)17-7-5-8-18(32)13-17/h5,7-8,13,15-16,19,21-24,32H,6,9-12,14H2,1-4H3,(H,35,36). The van der Waals surface area contributed by atoms with Gasteiger partial charge in [0.15, 0.2) is 0 Å². The van der Waals surface area contributed by atoms with Crippen molar-refractivity contribution < 1.29 is 24.6 Å². The van der Waals surface area contributed by atoms with Crippen molar-refractivity contribution in [1.29, 1.82) is 0 Å². The molecular weight excluding hydrogens is 454 g/mol. The number of carbonyl (C=O) groups is 3. The van der Waals surface area contributed by atoms with Gasteiger partial charge in [0, 0.05) is 11.5 Å². The van der Waals surface area contributed by atoms with Crippen LogP contribution in [0.1, 0.15) is 66.2 Å². The maximum Gasteiger partial charge on any atom is 0.309 e. The van der Waals surface area contributed by atoms with Crippen LogP contribution in [-0.4, -0.2) is 28.0 Å². The summed E-state index contributed by atoms with van der Waals surface area (Å²) < 4.78 is 0. The summed E-state index contributed by atoms with van der Waals surface area (Å²) in [5.74, 6) is -1.24. The number of aliphatic carboxylic acids is 1. The van der Waals surface area contributed by atoms with Gasteiger partial charge in [-0.1, -0.05) is 44.9 Å². The van der Waals surface area contributed by atoms with Gasteiger partial charge in [-0.3, -0.25) is 14.4 Å². The van der Waals surface area contributed by atoms with Gasteiger partial charge < -0.3 is 10.2 Å². The van der Waals surface area contributed by atoms with Crippen molar-refractivity contribution >= 4 is 23.5 Å². The zero-order chi connectivity index (χ0) is 25.8. The highest BCUT2D eigenvalue weighted by Gasteiger charge is 2.73. The van der Waals surface area contributed by atoms with Crippen molar-refractivity contribution in [1.82, 2.24) is 0 Å². The average molecular weight is 492 g/mol. The van der Waals surface area contributed by atoms with Crippen LogP contribution in [0.2, 0.25) is 0 Å². The highest BCUT2D eigenvalue weighted by Crippen LogP contribution is 2.74. The van der Waals surface area contributed by atoms with Crippen molar-refractivity contribution in [2.75, 3.05) is 4.90 Å². The Morgan fingerprint density at radius 2 is 1.83 bits per heavy atom. The van der Waals surface area contributed by atoms with Gasteiger partial charge in [0.25, 0.3) is 0 Å². The smallest absolute Gasteiger partial charge is 0.309 e. The summed E-state index contributed by atoms with van der Waals surface area (Å²) >= 11 is 0. The molecule has 8 atom stereocenters. The minimum Gasteiger partial charge on any atom is -0.508 e. The van der Waals surface area contributed by atoms with E-state index in [9.17, 15) is 24.6 Å². The summed E-state index contributed by atoms with van der Waals surface area (Å²) in [6, 6.07) is 6.43. The molecule has 36 heavy (non-hydrogen) atoms. The summed E-state index contributed by atoms with van der Waals surface area (Å²) in [6.07, 6.45) is 7.30. The average Bonchev–Trinajstić information content (AvgIpc) is 3.10. The lowest BCUT2D eigenvalue weighted by molar-refractivity contribution is -0.194. The van der Waals surface area contributed by atoms with Crippen molar-refractivity contribution in [2.24, 2.45) is 51.8 Å². The normalized spacial score (nSPS) is 43.2. The summed E-state index contributed by atoms with van der Waals surface area (Å²) in [5, 5.41) is 20.3. The third kappa shape index (κ3) is 2.76. The number of benzene rings is 1. The van der Waals surface area contributed by atoms with Gasteiger partial charge in [-0.15, -0.1) is 0 Å². The largest absolute Gasteiger partial charge is 0.508 e. The molecule has 6 nitrogen and oxygen atoms in total. The predicted molar refractivity (Wildman–Crippen MR) is 135 cm³/mol. The number of phenols is 1. The van der Waals surface area contributed by atoms with Crippen molar-refractivity contribution in [3.05, 3.63) is 35.9 Å². The summed E-state index contributed by atoms with van der Waals surface area (Å²) in [5.41, 5.74) is 0.366. The van der Waals surface area contributed by atoms with Crippen LogP contribution < -0.4 is 4.90 Å². The van der Waals surface area contributed by atoms with E-state index in [4.69, 9.17) is 0 Å². The number of fused-ring (bicyclic) bond motifs is 1. The molecule has 3 saturated carbocycles. The third-order valence-corrected chi connectivity index (χ3v) is 11.2. The van der Waals surface area contributed by atoms with Crippen molar-refractivity contribution in [3.8, 4) is 5.75 Å². The summed E-state index contributed by atoms with van der Waals surface area (Å²) in [4.78, 5) is 42.0. The first-order valence-electron chi connectivity index (χ1n) is 13.6. The van der Waals surface area contributed by atoms with Crippen LogP contribution in [0.25, 0.3) is 0 Å². The molecule has 4 fully saturated rings. The molecule has 5 aliphatic carbocycles. The molecule has 0 aromatic heterocycles. The number of rotatable bonds is 3. The van der Waals surface area contributed by atoms with E-state index >= 15 is 0 Å². The van der Waals surface area contributed by atoms with Crippen LogP contribution >= 0.6 is 0 Å². The lowest BCUT2D eigenvalue weighted by Gasteiger charge is -2.68. The van der Waals surface area contributed by atoms with E-state index in [1.165, 1.54) is 16.5 Å². The number of carboxylic acid groups (broad SMARTS) is 1. The number of hydrogen-bond acceptors (Lipinski definition) is 4. The Hall–Kier alpha value is -2.63. The van der Waals surface area contributed by atoms with Gasteiger partial charge in [-0.05, 0) is 80.2 Å². The van der Waals surface area contributed by atoms with Gasteiger partial charge in [0.2, 0.25) is 11.8 Å². The molecule has 6 heteroatoms. The first kappa shape index (κ1) is 23.7. The summed E-state index contributed by atoms with van der Waals surface area (Å²) in [6.45, 7) is 8.58. The molecule has 1 aromatic carbocycles. The number of allylic oxidation sites excluding steroid dienone is 2. The number of amides is 2. The maximum atomic E-state index is 14.2. The zero-order valence-corrected chi connectivity index (χ0v) is 21.7. The van der Waals surface area contributed by atoms with Crippen molar-refractivity contribution in [2.45, 2.75) is 66.2 Å². The van der Waals surface area contributed by atoms with Gasteiger partial charge >= 0.3 is 5.97 Å². The lowest BCUT2D eigenvalue weighted by atomic mass is 9.34.